The van der Waals surface area contributed by atoms with E-state index in [0.29, 0.717) is 13.1 Å². The fraction of sp³-hybridized carbons (Fsp3) is 0.538. The lowest BCUT2D eigenvalue weighted by Gasteiger charge is -2.49. The van der Waals surface area contributed by atoms with E-state index >= 15 is 0 Å². The van der Waals surface area contributed by atoms with Crippen LogP contribution in [0.25, 0.3) is 5.52 Å². The lowest BCUT2D eigenvalue weighted by molar-refractivity contribution is -0.0303. The van der Waals surface area contributed by atoms with E-state index in [0.717, 1.165) is 17.0 Å². The first-order valence-corrected chi connectivity index (χ1v) is 6.28. The molecule has 3 rings (SSSR count). The van der Waals surface area contributed by atoms with E-state index in [1.54, 1.807) is 6.20 Å². The van der Waals surface area contributed by atoms with Gasteiger partial charge in [-0.15, -0.1) is 0 Å². The van der Waals surface area contributed by atoms with E-state index in [9.17, 15) is 5.11 Å². The number of hydrogen-bond acceptors (Lipinski definition) is 4. The van der Waals surface area contributed by atoms with Gasteiger partial charge in [0.15, 0.2) is 5.82 Å². The number of aromatic nitrogens is 3. The molecule has 0 spiro atoms. The van der Waals surface area contributed by atoms with Gasteiger partial charge in [-0.2, -0.15) is 5.10 Å². The molecule has 2 aromatic rings. The maximum Gasteiger partial charge on any atom is 0.154 e. The number of hydrogen-bond donors (Lipinski definition) is 1. The van der Waals surface area contributed by atoms with Crippen molar-refractivity contribution in [2.75, 3.05) is 18.0 Å². The summed E-state index contributed by atoms with van der Waals surface area (Å²) in [4.78, 5) is 6.53. The highest BCUT2D eigenvalue weighted by molar-refractivity contribution is 5.70. The summed E-state index contributed by atoms with van der Waals surface area (Å²) in [5.41, 5.74) is 1.40. The Labute approximate surface area is 106 Å². The molecule has 0 amide bonds. The third-order valence-corrected chi connectivity index (χ3v) is 3.80. The van der Waals surface area contributed by atoms with E-state index in [4.69, 9.17) is 0 Å². The summed E-state index contributed by atoms with van der Waals surface area (Å²) >= 11 is 0. The molecular formula is C13H18N4O. The summed E-state index contributed by atoms with van der Waals surface area (Å²) in [5, 5.41) is 14.7. The molecule has 0 aliphatic carbocycles. The maximum atomic E-state index is 10.3. The molecule has 18 heavy (non-hydrogen) atoms. The molecule has 1 saturated heterocycles. The second-order valence-corrected chi connectivity index (χ2v) is 5.48. The van der Waals surface area contributed by atoms with Crippen molar-refractivity contribution in [3.63, 3.8) is 0 Å². The standard InChI is InChI=1S/C13H18N4O/c1-9(2)13(18)7-16(8-13)12-11-6-10(3)15-17(11)5-4-14-12/h4-6,9,18H,7-8H2,1-3H3. The van der Waals surface area contributed by atoms with Gasteiger partial charge >= 0.3 is 0 Å². The zero-order chi connectivity index (χ0) is 12.9. The molecule has 0 saturated carbocycles. The Balaban J connectivity index is 1.93. The Bertz CT molecular complexity index is 584. The van der Waals surface area contributed by atoms with E-state index in [1.807, 2.05) is 37.5 Å². The van der Waals surface area contributed by atoms with Crippen LogP contribution >= 0.6 is 0 Å². The van der Waals surface area contributed by atoms with Crippen LogP contribution in [0.2, 0.25) is 0 Å². The summed E-state index contributed by atoms with van der Waals surface area (Å²) in [5.74, 6) is 1.17. The van der Waals surface area contributed by atoms with Crippen molar-refractivity contribution < 1.29 is 5.11 Å². The van der Waals surface area contributed by atoms with Crippen LogP contribution in [0.15, 0.2) is 18.5 Å². The number of anilines is 1. The molecule has 2 aromatic heterocycles. The first-order valence-electron chi connectivity index (χ1n) is 6.28. The van der Waals surface area contributed by atoms with Gasteiger partial charge in [-0.25, -0.2) is 9.50 Å². The Morgan fingerprint density at radius 2 is 2.11 bits per heavy atom. The number of nitrogens with zero attached hydrogens (tertiary/aromatic N) is 4. The molecule has 0 radical (unpaired) electrons. The van der Waals surface area contributed by atoms with Gasteiger partial charge in [0.25, 0.3) is 0 Å². The van der Waals surface area contributed by atoms with Crippen LogP contribution in [0.4, 0.5) is 5.82 Å². The van der Waals surface area contributed by atoms with Gasteiger partial charge in [0.1, 0.15) is 11.1 Å². The molecule has 3 heterocycles. The van der Waals surface area contributed by atoms with Gasteiger partial charge in [-0.05, 0) is 18.9 Å². The van der Waals surface area contributed by atoms with Crippen LogP contribution in [-0.4, -0.2) is 38.4 Å². The molecule has 5 nitrogen and oxygen atoms in total. The average Bonchev–Trinajstić information content (AvgIpc) is 2.64. The molecule has 1 N–H and O–H groups in total. The van der Waals surface area contributed by atoms with Crippen LogP contribution in [0.3, 0.4) is 0 Å². The number of aliphatic hydroxyl groups is 1. The highest BCUT2D eigenvalue weighted by atomic mass is 16.3. The van der Waals surface area contributed by atoms with Crippen molar-refractivity contribution >= 4 is 11.3 Å². The summed E-state index contributed by atoms with van der Waals surface area (Å²) in [7, 11) is 0. The number of rotatable bonds is 2. The van der Waals surface area contributed by atoms with E-state index < -0.39 is 5.60 Å². The van der Waals surface area contributed by atoms with Crippen LogP contribution in [0.5, 0.6) is 0 Å². The van der Waals surface area contributed by atoms with Crippen LogP contribution < -0.4 is 4.90 Å². The molecule has 1 fully saturated rings. The second-order valence-electron chi connectivity index (χ2n) is 5.48. The summed E-state index contributed by atoms with van der Waals surface area (Å²) in [6, 6.07) is 2.02. The molecule has 0 unspecified atom stereocenters. The minimum atomic E-state index is -0.580. The first-order chi connectivity index (χ1) is 8.49. The molecule has 0 atom stereocenters. The summed E-state index contributed by atoms with van der Waals surface area (Å²) < 4.78 is 1.84. The third-order valence-electron chi connectivity index (χ3n) is 3.80. The smallest absolute Gasteiger partial charge is 0.154 e. The van der Waals surface area contributed by atoms with Gasteiger partial charge in [-0.3, -0.25) is 0 Å². The molecular weight excluding hydrogens is 228 g/mol. The number of fused-ring (bicyclic) bond motifs is 1. The quantitative estimate of drug-likeness (QED) is 0.866. The SMILES string of the molecule is Cc1cc2c(N3CC(O)(C(C)C)C3)nccn2n1. The summed E-state index contributed by atoms with van der Waals surface area (Å²) in [6.07, 6.45) is 3.60. The van der Waals surface area contributed by atoms with Gasteiger partial charge in [0.2, 0.25) is 0 Å². The molecule has 96 valence electrons. The first kappa shape index (κ1) is 11.5. The van der Waals surface area contributed by atoms with Crippen molar-refractivity contribution in [2.24, 2.45) is 5.92 Å². The zero-order valence-corrected chi connectivity index (χ0v) is 11.0. The van der Waals surface area contributed by atoms with Crippen molar-refractivity contribution in [1.29, 1.82) is 0 Å². The van der Waals surface area contributed by atoms with Gasteiger partial charge in [0.05, 0.1) is 18.8 Å². The molecule has 0 bridgehead atoms. The molecule has 1 aliphatic heterocycles. The Morgan fingerprint density at radius 1 is 1.39 bits per heavy atom. The fourth-order valence-electron chi connectivity index (χ4n) is 2.40. The van der Waals surface area contributed by atoms with Gasteiger partial charge in [-0.1, -0.05) is 13.8 Å². The minimum Gasteiger partial charge on any atom is -0.386 e. The van der Waals surface area contributed by atoms with Crippen molar-refractivity contribution in [3.05, 3.63) is 24.2 Å². The summed E-state index contributed by atoms with van der Waals surface area (Å²) in [6.45, 7) is 7.35. The molecule has 5 heteroatoms. The average molecular weight is 246 g/mol. The zero-order valence-electron chi connectivity index (χ0n) is 11.0. The van der Waals surface area contributed by atoms with Crippen molar-refractivity contribution in [3.8, 4) is 0 Å². The fourth-order valence-corrected chi connectivity index (χ4v) is 2.40. The van der Waals surface area contributed by atoms with Crippen LogP contribution in [-0.2, 0) is 0 Å². The van der Waals surface area contributed by atoms with Crippen molar-refractivity contribution in [2.45, 2.75) is 26.4 Å². The highest BCUT2D eigenvalue weighted by Crippen LogP contribution is 2.33. The minimum absolute atomic E-state index is 0.264. The van der Waals surface area contributed by atoms with Gasteiger partial charge < -0.3 is 10.0 Å². The monoisotopic (exact) mass is 246 g/mol. The lowest BCUT2D eigenvalue weighted by atomic mass is 9.83. The van der Waals surface area contributed by atoms with Crippen LogP contribution in [0, 0.1) is 12.8 Å². The number of β-amino-alcohol motifs (C(OH)–C–C–N with tert-alkyl or cyclic N) is 1. The Kier molecular flexibility index (Phi) is 2.35. The predicted octanol–water partition coefficient (Wildman–Crippen LogP) is 1.24. The van der Waals surface area contributed by atoms with E-state index in [-0.39, 0.29) is 5.92 Å². The van der Waals surface area contributed by atoms with Crippen LogP contribution in [0.1, 0.15) is 19.5 Å². The third kappa shape index (κ3) is 1.58. The van der Waals surface area contributed by atoms with E-state index in [2.05, 4.69) is 15.0 Å². The maximum absolute atomic E-state index is 10.3. The molecule has 0 aromatic carbocycles. The Hall–Kier alpha value is -1.62. The Morgan fingerprint density at radius 3 is 2.78 bits per heavy atom. The van der Waals surface area contributed by atoms with Crippen molar-refractivity contribution in [1.82, 2.24) is 14.6 Å². The predicted molar refractivity (Wildman–Crippen MR) is 69.7 cm³/mol. The normalized spacial score (nSPS) is 18.4. The van der Waals surface area contributed by atoms with E-state index in [1.165, 1.54) is 0 Å². The van der Waals surface area contributed by atoms with Gasteiger partial charge in [0, 0.05) is 12.4 Å². The number of aryl methyl sites for hydroxylation is 1. The topological polar surface area (TPSA) is 53.7 Å². The molecule has 1 aliphatic rings. The second kappa shape index (κ2) is 3.68. The highest BCUT2D eigenvalue weighted by Gasteiger charge is 2.44. The largest absolute Gasteiger partial charge is 0.386 e. The lowest BCUT2D eigenvalue weighted by Crippen LogP contribution is -2.65.